The van der Waals surface area contributed by atoms with Crippen LogP contribution in [-0.4, -0.2) is 23.9 Å². The van der Waals surface area contributed by atoms with Crippen molar-refractivity contribution in [2.75, 3.05) is 23.5 Å². The number of thioether (sulfide) groups is 1. The van der Waals surface area contributed by atoms with Gasteiger partial charge in [-0.1, -0.05) is 18.2 Å². The molecule has 0 aromatic heterocycles. The number of aliphatic hydroxyl groups excluding tert-OH is 1. The van der Waals surface area contributed by atoms with Gasteiger partial charge in [0.2, 0.25) is 5.91 Å². The van der Waals surface area contributed by atoms with E-state index in [-0.39, 0.29) is 6.04 Å². The molecule has 0 aliphatic carbocycles. The molecule has 0 heterocycles. The van der Waals surface area contributed by atoms with E-state index in [9.17, 15) is 4.79 Å². The summed E-state index contributed by atoms with van der Waals surface area (Å²) < 4.78 is 0. The van der Waals surface area contributed by atoms with Gasteiger partial charge in [-0.3, -0.25) is 4.79 Å². The van der Waals surface area contributed by atoms with Crippen LogP contribution in [0, 0.1) is 0 Å². The highest BCUT2D eigenvalue weighted by Gasteiger charge is 2.06. The molecule has 22 heavy (non-hydrogen) atoms. The Morgan fingerprint density at radius 3 is 2.50 bits per heavy atom. The molecule has 2 aromatic rings. The van der Waals surface area contributed by atoms with Gasteiger partial charge in [0.1, 0.15) is 6.61 Å². The molecule has 0 radical (unpaired) electrons. The third-order valence-corrected chi connectivity index (χ3v) is 4.03. The number of aliphatic hydroxyl groups is 1. The van der Waals surface area contributed by atoms with Crippen molar-refractivity contribution in [2.45, 2.75) is 17.9 Å². The molecule has 1 amide bonds. The van der Waals surface area contributed by atoms with Gasteiger partial charge in [-0.25, -0.2) is 0 Å². The fourth-order valence-corrected chi connectivity index (χ4v) is 2.52. The molecular weight excluding hydrogens is 296 g/mol. The first-order valence-electron chi connectivity index (χ1n) is 7.03. The summed E-state index contributed by atoms with van der Waals surface area (Å²) in [5.41, 5.74) is 2.77. The molecule has 2 aromatic carbocycles. The Hall–Kier alpha value is -1.98. The van der Waals surface area contributed by atoms with Crippen molar-refractivity contribution in [3.63, 3.8) is 0 Å². The van der Waals surface area contributed by atoms with Crippen molar-refractivity contribution >= 4 is 29.0 Å². The molecule has 0 fully saturated rings. The maximum atomic E-state index is 11.2. The Morgan fingerprint density at radius 1 is 1.18 bits per heavy atom. The van der Waals surface area contributed by atoms with E-state index in [1.165, 1.54) is 10.5 Å². The largest absolute Gasteiger partial charge is 0.387 e. The van der Waals surface area contributed by atoms with Crippen LogP contribution in [0.25, 0.3) is 0 Å². The summed E-state index contributed by atoms with van der Waals surface area (Å²) in [5.74, 6) is -0.419. The van der Waals surface area contributed by atoms with Crippen molar-refractivity contribution in [1.82, 2.24) is 0 Å². The van der Waals surface area contributed by atoms with Crippen LogP contribution in [0.15, 0.2) is 53.4 Å². The van der Waals surface area contributed by atoms with E-state index in [1.54, 1.807) is 17.8 Å². The first-order valence-corrected chi connectivity index (χ1v) is 8.26. The molecule has 0 saturated carbocycles. The molecule has 0 bridgehead atoms. The van der Waals surface area contributed by atoms with Crippen molar-refractivity contribution in [3.05, 3.63) is 54.1 Å². The summed E-state index contributed by atoms with van der Waals surface area (Å²) in [6.07, 6.45) is 2.06. The predicted octanol–water partition coefficient (Wildman–Crippen LogP) is 3.51. The Bertz CT molecular complexity index is 629. The van der Waals surface area contributed by atoms with E-state index in [4.69, 9.17) is 5.11 Å². The summed E-state index contributed by atoms with van der Waals surface area (Å²) in [5, 5.41) is 14.8. The molecule has 0 saturated heterocycles. The number of carbonyl (C=O) groups is 1. The fourth-order valence-electron chi connectivity index (χ4n) is 2.11. The molecule has 2 rings (SSSR count). The van der Waals surface area contributed by atoms with Crippen molar-refractivity contribution in [2.24, 2.45) is 0 Å². The lowest BCUT2D eigenvalue weighted by Gasteiger charge is -2.17. The third kappa shape index (κ3) is 4.51. The van der Waals surface area contributed by atoms with Crippen molar-refractivity contribution < 1.29 is 9.90 Å². The van der Waals surface area contributed by atoms with Crippen LogP contribution in [0.5, 0.6) is 0 Å². The number of benzene rings is 2. The second-order valence-corrected chi connectivity index (χ2v) is 5.81. The highest BCUT2D eigenvalue weighted by molar-refractivity contribution is 7.98. The van der Waals surface area contributed by atoms with Crippen LogP contribution in [-0.2, 0) is 4.79 Å². The molecule has 0 spiro atoms. The van der Waals surface area contributed by atoms with Gasteiger partial charge in [0.15, 0.2) is 0 Å². The number of hydrogen-bond acceptors (Lipinski definition) is 4. The second kappa shape index (κ2) is 7.87. The quantitative estimate of drug-likeness (QED) is 0.714. The minimum absolute atomic E-state index is 0.152. The monoisotopic (exact) mass is 316 g/mol. The first-order chi connectivity index (χ1) is 10.6. The van der Waals surface area contributed by atoms with Gasteiger partial charge >= 0.3 is 0 Å². The minimum Gasteiger partial charge on any atom is -0.387 e. The molecule has 116 valence electrons. The summed E-state index contributed by atoms with van der Waals surface area (Å²) in [7, 11) is 0. The lowest BCUT2D eigenvalue weighted by molar-refractivity contribution is -0.118. The lowest BCUT2D eigenvalue weighted by atomic mass is 10.1. The van der Waals surface area contributed by atoms with Gasteiger partial charge in [0.05, 0.1) is 0 Å². The smallest absolute Gasteiger partial charge is 0.250 e. The number of anilines is 2. The summed E-state index contributed by atoms with van der Waals surface area (Å²) in [4.78, 5) is 12.5. The van der Waals surface area contributed by atoms with Crippen molar-refractivity contribution in [3.8, 4) is 0 Å². The number of carbonyl (C=O) groups excluding carboxylic acids is 1. The van der Waals surface area contributed by atoms with Gasteiger partial charge in [-0.05, 0) is 49.1 Å². The van der Waals surface area contributed by atoms with Gasteiger partial charge in [0, 0.05) is 22.3 Å². The standard InChI is InChI=1S/C17H20N2O2S/c1-12(13-6-8-16(22-2)9-7-13)18-14-4-3-5-15(10-14)19-17(21)11-20/h3-10,12,18,20H,11H2,1-2H3,(H,19,21). The fraction of sp³-hybridized carbons (Fsp3) is 0.235. The van der Waals surface area contributed by atoms with Gasteiger partial charge in [0.25, 0.3) is 0 Å². The maximum absolute atomic E-state index is 11.2. The third-order valence-electron chi connectivity index (χ3n) is 3.29. The van der Waals surface area contributed by atoms with Gasteiger partial charge in [-0.15, -0.1) is 11.8 Å². The second-order valence-electron chi connectivity index (χ2n) is 4.93. The lowest BCUT2D eigenvalue weighted by Crippen LogP contribution is -2.15. The average molecular weight is 316 g/mol. The molecule has 1 atom stereocenters. The van der Waals surface area contributed by atoms with E-state index in [2.05, 4.69) is 48.1 Å². The SMILES string of the molecule is CSc1ccc(C(C)Nc2cccc(NC(=O)CO)c2)cc1. The van der Waals surface area contributed by atoms with Gasteiger partial charge in [-0.2, -0.15) is 0 Å². The minimum atomic E-state index is -0.518. The zero-order valence-corrected chi connectivity index (χ0v) is 13.5. The first kappa shape index (κ1) is 16.4. The Labute approximate surface area is 134 Å². The van der Waals surface area contributed by atoms with E-state index >= 15 is 0 Å². The summed E-state index contributed by atoms with van der Waals surface area (Å²) in [6, 6.07) is 16.0. The molecule has 1 unspecified atom stereocenters. The predicted molar refractivity (Wildman–Crippen MR) is 92.4 cm³/mol. The van der Waals surface area contributed by atoms with Crippen molar-refractivity contribution in [1.29, 1.82) is 0 Å². The van der Waals surface area contributed by atoms with Crippen LogP contribution in [0.1, 0.15) is 18.5 Å². The molecular formula is C17H20N2O2S. The summed E-state index contributed by atoms with van der Waals surface area (Å²) in [6.45, 7) is 1.57. The number of nitrogens with one attached hydrogen (secondary N) is 2. The normalized spacial score (nSPS) is 11.8. The van der Waals surface area contributed by atoms with Gasteiger partial charge < -0.3 is 15.7 Å². The highest BCUT2D eigenvalue weighted by Crippen LogP contribution is 2.23. The maximum Gasteiger partial charge on any atom is 0.250 e. The Balaban J connectivity index is 2.05. The van der Waals surface area contributed by atoms with Crippen LogP contribution in [0.2, 0.25) is 0 Å². The Morgan fingerprint density at radius 2 is 1.86 bits per heavy atom. The van der Waals surface area contributed by atoms with Crippen LogP contribution in [0.3, 0.4) is 0 Å². The molecule has 0 aliphatic heterocycles. The molecule has 4 nitrogen and oxygen atoms in total. The van der Waals surface area contributed by atoms with E-state index in [0.29, 0.717) is 5.69 Å². The average Bonchev–Trinajstić information content (AvgIpc) is 2.55. The molecule has 3 N–H and O–H groups in total. The van der Waals surface area contributed by atoms with E-state index < -0.39 is 12.5 Å². The van der Waals surface area contributed by atoms with Crippen LogP contribution < -0.4 is 10.6 Å². The highest BCUT2D eigenvalue weighted by atomic mass is 32.2. The van der Waals surface area contributed by atoms with E-state index in [0.717, 1.165) is 5.69 Å². The van der Waals surface area contributed by atoms with Crippen LogP contribution in [0.4, 0.5) is 11.4 Å². The number of amides is 1. The van der Waals surface area contributed by atoms with E-state index in [1.807, 2.05) is 18.2 Å². The number of hydrogen-bond donors (Lipinski definition) is 3. The summed E-state index contributed by atoms with van der Waals surface area (Å²) >= 11 is 1.72. The van der Waals surface area contributed by atoms with Crippen LogP contribution >= 0.6 is 11.8 Å². The molecule has 5 heteroatoms. The molecule has 0 aliphatic rings. The zero-order chi connectivity index (χ0) is 15.9. The topological polar surface area (TPSA) is 61.4 Å². The number of rotatable bonds is 6. The Kier molecular flexibility index (Phi) is 5.86. The zero-order valence-electron chi connectivity index (χ0n) is 12.7.